The molecule has 1 aliphatic rings. The minimum Gasteiger partial charge on any atom is -0.370 e. The number of anilines is 1. The first-order chi connectivity index (χ1) is 13.7. The molecule has 0 radical (unpaired) electrons. The van der Waals surface area contributed by atoms with Crippen LogP contribution in [0.15, 0.2) is 64.9 Å². The van der Waals surface area contributed by atoms with Gasteiger partial charge < -0.3 is 10.2 Å². The Labute approximate surface area is 167 Å². The molecule has 4 rings (SSSR count). The Balaban J connectivity index is 1.35. The molecule has 28 heavy (non-hydrogen) atoms. The predicted octanol–water partition coefficient (Wildman–Crippen LogP) is 2.75. The van der Waals surface area contributed by atoms with Crippen molar-refractivity contribution >= 4 is 22.9 Å². The molecule has 144 valence electrons. The fraction of sp³-hybridized carbons (Fsp3) is 0.286. The molecule has 0 saturated carbocycles. The average Bonchev–Trinajstić information content (AvgIpc) is 3.26. The molecule has 0 atom stereocenters. The van der Waals surface area contributed by atoms with Crippen LogP contribution in [0, 0.1) is 0 Å². The fourth-order valence-corrected chi connectivity index (χ4v) is 4.05. The Morgan fingerprint density at radius 2 is 1.93 bits per heavy atom. The molecule has 2 aromatic heterocycles. The maximum Gasteiger partial charge on any atom is 0.269 e. The lowest BCUT2D eigenvalue weighted by molar-refractivity contribution is 0.0935. The van der Waals surface area contributed by atoms with Gasteiger partial charge in [-0.2, -0.15) is 5.10 Å². The van der Waals surface area contributed by atoms with Gasteiger partial charge in [0.25, 0.3) is 11.5 Å². The molecule has 0 bridgehead atoms. The number of hydrogen-bond donors (Lipinski definition) is 1. The molecule has 0 spiro atoms. The van der Waals surface area contributed by atoms with E-state index in [0.29, 0.717) is 6.54 Å². The summed E-state index contributed by atoms with van der Waals surface area (Å²) in [7, 11) is 0. The highest BCUT2D eigenvalue weighted by Crippen LogP contribution is 2.18. The highest BCUT2D eigenvalue weighted by Gasteiger charge is 2.22. The highest BCUT2D eigenvalue weighted by molar-refractivity contribution is 7.12. The van der Waals surface area contributed by atoms with E-state index in [1.54, 1.807) is 12.3 Å². The minimum atomic E-state index is -0.102. The molecule has 1 N–H and O–H groups in total. The molecular weight excluding hydrogens is 372 g/mol. The maximum atomic E-state index is 12.4. The molecule has 1 aliphatic heterocycles. The van der Waals surface area contributed by atoms with E-state index >= 15 is 0 Å². The zero-order valence-corrected chi connectivity index (χ0v) is 16.3. The summed E-state index contributed by atoms with van der Waals surface area (Å²) in [6.45, 7) is 2.05. The zero-order chi connectivity index (χ0) is 19.3. The number of nitrogens with one attached hydrogen (secondary N) is 1. The number of piperidine rings is 1. The van der Waals surface area contributed by atoms with Gasteiger partial charge in [0, 0.05) is 25.2 Å². The smallest absolute Gasteiger partial charge is 0.269 e. The van der Waals surface area contributed by atoms with E-state index in [0.717, 1.165) is 42.1 Å². The fourth-order valence-electron chi connectivity index (χ4n) is 3.42. The summed E-state index contributed by atoms with van der Waals surface area (Å²) in [6, 6.07) is 15.4. The SMILES string of the molecule is O=C(NC1CCN(c2cnn(Cc3ccccc3)c(=O)c2)CC1)c1cccs1. The van der Waals surface area contributed by atoms with E-state index in [-0.39, 0.29) is 17.5 Å². The molecule has 0 unspecified atom stereocenters. The number of hydrogen-bond acceptors (Lipinski definition) is 5. The van der Waals surface area contributed by atoms with Gasteiger partial charge in [-0.3, -0.25) is 9.59 Å². The van der Waals surface area contributed by atoms with Gasteiger partial charge in [-0.25, -0.2) is 4.68 Å². The lowest BCUT2D eigenvalue weighted by atomic mass is 10.0. The van der Waals surface area contributed by atoms with Crippen LogP contribution in [0.5, 0.6) is 0 Å². The van der Waals surface area contributed by atoms with Crippen LogP contribution >= 0.6 is 11.3 Å². The first kappa shape index (κ1) is 18.4. The number of thiophene rings is 1. The molecule has 3 aromatic rings. The van der Waals surface area contributed by atoms with Gasteiger partial charge in [0.05, 0.1) is 23.3 Å². The third-order valence-electron chi connectivity index (χ3n) is 4.97. The number of carbonyl (C=O) groups excluding carboxylic acids is 1. The average molecular weight is 395 g/mol. The summed E-state index contributed by atoms with van der Waals surface area (Å²) in [5.74, 6) is -0.00127. The largest absolute Gasteiger partial charge is 0.370 e. The van der Waals surface area contributed by atoms with Crippen LogP contribution in [0.4, 0.5) is 5.69 Å². The second-order valence-corrected chi connectivity index (χ2v) is 7.86. The first-order valence-electron chi connectivity index (χ1n) is 9.39. The van der Waals surface area contributed by atoms with Gasteiger partial charge in [0.2, 0.25) is 0 Å². The zero-order valence-electron chi connectivity index (χ0n) is 15.5. The second-order valence-electron chi connectivity index (χ2n) is 6.91. The Morgan fingerprint density at radius 1 is 1.14 bits per heavy atom. The first-order valence-corrected chi connectivity index (χ1v) is 10.3. The van der Waals surface area contributed by atoms with Gasteiger partial charge in [0.1, 0.15) is 0 Å². The predicted molar refractivity (Wildman–Crippen MR) is 111 cm³/mol. The third kappa shape index (κ3) is 4.31. The summed E-state index contributed by atoms with van der Waals surface area (Å²) >= 11 is 1.45. The quantitative estimate of drug-likeness (QED) is 0.723. The molecule has 1 saturated heterocycles. The Hall–Kier alpha value is -2.93. The summed E-state index contributed by atoms with van der Waals surface area (Å²) in [4.78, 5) is 27.5. The Morgan fingerprint density at radius 3 is 2.61 bits per heavy atom. The van der Waals surface area contributed by atoms with Crippen LogP contribution in [-0.4, -0.2) is 34.8 Å². The van der Waals surface area contributed by atoms with Crippen molar-refractivity contribution in [2.24, 2.45) is 0 Å². The van der Waals surface area contributed by atoms with Gasteiger partial charge >= 0.3 is 0 Å². The van der Waals surface area contributed by atoms with Crippen molar-refractivity contribution in [2.45, 2.75) is 25.4 Å². The van der Waals surface area contributed by atoms with Crippen molar-refractivity contribution in [3.8, 4) is 0 Å². The van der Waals surface area contributed by atoms with E-state index in [9.17, 15) is 9.59 Å². The maximum absolute atomic E-state index is 12.4. The lowest BCUT2D eigenvalue weighted by Crippen LogP contribution is -2.45. The molecule has 1 fully saturated rings. The molecule has 6 nitrogen and oxygen atoms in total. The second kappa shape index (κ2) is 8.39. The summed E-state index contributed by atoms with van der Waals surface area (Å²) in [5, 5.41) is 9.36. The summed E-state index contributed by atoms with van der Waals surface area (Å²) < 4.78 is 1.48. The van der Waals surface area contributed by atoms with Crippen LogP contribution in [0.2, 0.25) is 0 Å². The van der Waals surface area contributed by atoms with Crippen molar-refractivity contribution in [2.75, 3.05) is 18.0 Å². The van der Waals surface area contributed by atoms with E-state index in [1.165, 1.54) is 16.0 Å². The molecule has 1 aromatic carbocycles. The topological polar surface area (TPSA) is 67.2 Å². The van der Waals surface area contributed by atoms with E-state index in [2.05, 4.69) is 15.3 Å². The summed E-state index contributed by atoms with van der Waals surface area (Å²) in [5.41, 5.74) is 1.79. The van der Waals surface area contributed by atoms with Crippen molar-refractivity contribution in [1.82, 2.24) is 15.1 Å². The van der Waals surface area contributed by atoms with E-state index < -0.39 is 0 Å². The Kier molecular flexibility index (Phi) is 5.53. The molecule has 1 amide bonds. The molecule has 0 aliphatic carbocycles. The lowest BCUT2D eigenvalue weighted by Gasteiger charge is -2.33. The van der Waals surface area contributed by atoms with Crippen LogP contribution in [0.1, 0.15) is 28.1 Å². The van der Waals surface area contributed by atoms with Crippen LogP contribution in [0.25, 0.3) is 0 Å². The molecule has 3 heterocycles. The van der Waals surface area contributed by atoms with Gasteiger partial charge in [-0.1, -0.05) is 36.4 Å². The highest BCUT2D eigenvalue weighted by atomic mass is 32.1. The van der Waals surface area contributed by atoms with Crippen molar-refractivity contribution in [3.05, 3.63) is 80.9 Å². The number of rotatable bonds is 5. The van der Waals surface area contributed by atoms with E-state index in [1.807, 2.05) is 47.8 Å². The van der Waals surface area contributed by atoms with E-state index in [4.69, 9.17) is 0 Å². The third-order valence-corrected chi connectivity index (χ3v) is 5.84. The molecule has 7 heteroatoms. The number of benzene rings is 1. The normalized spacial score (nSPS) is 14.8. The minimum absolute atomic E-state index is 0.00127. The van der Waals surface area contributed by atoms with Crippen LogP contribution in [-0.2, 0) is 6.54 Å². The standard InChI is InChI=1S/C21H22N4O2S/c26-20-13-18(14-22-25(20)15-16-5-2-1-3-6-16)24-10-8-17(9-11-24)23-21(27)19-7-4-12-28-19/h1-7,12-14,17H,8-11,15H2,(H,23,27). The number of carbonyl (C=O) groups is 1. The number of aromatic nitrogens is 2. The summed E-state index contributed by atoms with van der Waals surface area (Å²) in [6.07, 6.45) is 3.46. The van der Waals surface area contributed by atoms with Gasteiger partial charge in [-0.15, -0.1) is 11.3 Å². The van der Waals surface area contributed by atoms with Crippen molar-refractivity contribution < 1.29 is 4.79 Å². The number of amides is 1. The van der Waals surface area contributed by atoms with Gasteiger partial charge in [0.15, 0.2) is 0 Å². The Bertz CT molecular complexity index is 977. The number of nitrogens with zero attached hydrogens (tertiary/aromatic N) is 3. The van der Waals surface area contributed by atoms with Crippen LogP contribution in [0.3, 0.4) is 0 Å². The monoisotopic (exact) mass is 394 g/mol. The van der Waals surface area contributed by atoms with Crippen molar-refractivity contribution in [3.63, 3.8) is 0 Å². The van der Waals surface area contributed by atoms with Crippen molar-refractivity contribution in [1.29, 1.82) is 0 Å². The van der Waals surface area contributed by atoms with Crippen LogP contribution < -0.4 is 15.8 Å². The molecular formula is C21H22N4O2S. The van der Waals surface area contributed by atoms with Gasteiger partial charge in [-0.05, 0) is 29.9 Å².